The third-order valence-electron chi connectivity index (χ3n) is 2.45. The van der Waals surface area contributed by atoms with E-state index in [-0.39, 0.29) is 11.3 Å². The van der Waals surface area contributed by atoms with Crippen LogP contribution >= 0.6 is 0 Å². The maximum Gasteiger partial charge on any atom is 0.407 e. The molecule has 0 saturated carbocycles. The molecule has 0 radical (unpaired) electrons. The van der Waals surface area contributed by atoms with Crippen molar-refractivity contribution in [3.8, 4) is 11.8 Å². The molecular formula is C16H20N2O4. The molecule has 6 nitrogen and oxygen atoms in total. The molecule has 0 heterocycles. The van der Waals surface area contributed by atoms with Crippen molar-refractivity contribution < 1.29 is 19.4 Å². The van der Waals surface area contributed by atoms with Gasteiger partial charge in [-0.25, -0.2) is 9.59 Å². The van der Waals surface area contributed by atoms with E-state index in [9.17, 15) is 9.59 Å². The lowest BCUT2D eigenvalue weighted by Crippen LogP contribution is -2.32. The van der Waals surface area contributed by atoms with Gasteiger partial charge in [-0.1, -0.05) is 17.9 Å². The number of carboxylic acid groups (broad SMARTS) is 1. The lowest BCUT2D eigenvalue weighted by Gasteiger charge is -2.19. The number of ether oxygens (including phenoxy) is 1. The third kappa shape index (κ3) is 5.75. The monoisotopic (exact) mass is 304 g/mol. The minimum Gasteiger partial charge on any atom is -0.478 e. The standard InChI is InChI=1S/C16H20N2O4/c1-16(2,3)22-15(21)18-10-5-4-7-11-8-6-9-12(17)13(11)14(19)20/h6,8-9H,5,10,17H2,1-3H3,(H,18,21)(H,19,20). The molecule has 0 bridgehead atoms. The number of anilines is 1. The van der Waals surface area contributed by atoms with Gasteiger partial charge >= 0.3 is 12.1 Å². The number of aromatic carboxylic acids is 1. The number of carbonyl (C=O) groups is 2. The van der Waals surface area contributed by atoms with E-state index in [1.807, 2.05) is 0 Å². The molecular weight excluding hydrogens is 284 g/mol. The second-order valence-corrected chi connectivity index (χ2v) is 5.56. The van der Waals surface area contributed by atoms with Crippen molar-refractivity contribution >= 4 is 17.7 Å². The summed E-state index contributed by atoms with van der Waals surface area (Å²) >= 11 is 0. The first-order valence-corrected chi connectivity index (χ1v) is 6.78. The highest BCUT2D eigenvalue weighted by molar-refractivity contribution is 5.96. The molecule has 0 aliphatic heterocycles. The van der Waals surface area contributed by atoms with Crippen LogP contribution in [0.4, 0.5) is 10.5 Å². The van der Waals surface area contributed by atoms with E-state index in [0.717, 1.165) is 0 Å². The van der Waals surface area contributed by atoms with Crippen LogP contribution in [0.5, 0.6) is 0 Å². The Morgan fingerprint density at radius 3 is 2.64 bits per heavy atom. The van der Waals surface area contributed by atoms with Gasteiger partial charge in [0, 0.05) is 24.2 Å². The smallest absolute Gasteiger partial charge is 0.407 e. The molecule has 1 rings (SSSR count). The van der Waals surface area contributed by atoms with Crippen LogP contribution in [0.15, 0.2) is 18.2 Å². The van der Waals surface area contributed by atoms with E-state index in [0.29, 0.717) is 18.5 Å². The Labute approximate surface area is 129 Å². The first-order valence-electron chi connectivity index (χ1n) is 6.78. The molecule has 0 fully saturated rings. The number of nitrogen functional groups attached to an aromatic ring is 1. The Balaban J connectivity index is 2.58. The van der Waals surface area contributed by atoms with Crippen molar-refractivity contribution in [1.29, 1.82) is 0 Å². The summed E-state index contributed by atoms with van der Waals surface area (Å²) in [6.45, 7) is 5.64. The average molecular weight is 304 g/mol. The van der Waals surface area contributed by atoms with Crippen molar-refractivity contribution in [3.05, 3.63) is 29.3 Å². The van der Waals surface area contributed by atoms with E-state index in [1.165, 1.54) is 6.07 Å². The molecule has 1 aromatic rings. The molecule has 118 valence electrons. The molecule has 6 heteroatoms. The number of amides is 1. The summed E-state index contributed by atoms with van der Waals surface area (Å²) in [4.78, 5) is 22.5. The Hall–Kier alpha value is -2.68. The van der Waals surface area contributed by atoms with Crippen molar-refractivity contribution in [1.82, 2.24) is 5.32 Å². The summed E-state index contributed by atoms with van der Waals surface area (Å²) in [5.41, 5.74) is 5.60. The summed E-state index contributed by atoms with van der Waals surface area (Å²) in [6, 6.07) is 4.75. The Morgan fingerprint density at radius 2 is 2.05 bits per heavy atom. The van der Waals surface area contributed by atoms with Gasteiger partial charge < -0.3 is 20.9 Å². The number of carboxylic acids is 1. The summed E-state index contributed by atoms with van der Waals surface area (Å²) in [5.74, 6) is 4.44. The fraction of sp³-hybridized carbons (Fsp3) is 0.375. The predicted molar refractivity (Wildman–Crippen MR) is 83.5 cm³/mol. The van der Waals surface area contributed by atoms with Crippen LogP contribution in [0.1, 0.15) is 43.1 Å². The Morgan fingerprint density at radius 1 is 1.36 bits per heavy atom. The summed E-state index contributed by atoms with van der Waals surface area (Å²) in [6.07, 6.45) is -0.142. The van der Waals surface area contributed by atoms with Gasteiger partial charge in [0.25, 0.3) is 0 Å². The summed E-state index contributed by atoms with van der Waals surface area (Å²) in [7, 11) is 0. The highest BCUT2D eigenvalue weighted by atomic mass is 16.6. The second-order valence-electron chi connectivity index (χ2n) is 5.56. The van der Waals surface area contributed by atoms with E-state index >= 15 is 0 Å². The summed E-state index contributed by atoms with van der Waals surface area (Å²) < 4.78 is 5.08. The lowest BCUT2D eigenvalue weighted by atomic mass is 10.1. The van der Waals surface area contributed by atoms with Crippen LogP contribution in [0.2, 0.25) is 0 Å². The Kier molecular flexibility index (Phi) is 5.81. The highest BCUT2D eigenvalue weighted by Gasteiger charge is 2.15. The van der Waals surface area contributed by atoms with Crippen molar-refractivity contribution in [2.24, 2.45) is 0 Å². The molecule has 0 atom stereocenters. The van der Waals surface area contributed by atoms with Gasteiger partial charge in [0.1, 0.15) is 5.60 Å². The number of nitrogens with one attached hydrogen (secondary N) is 1. The molecule has 0 unspecified atom stereocenters. The molecule has 0 saturated heterocycles. The molecule has 1 aromatic carbocycles. The topological polar surface area (TPSA) is 102 Å². The molecule has 22 heavy (non-hydrogen) atoms. The molecule has 0 spiro atoms. The lowest BCUT2D eigenvalue weighted by molar-refractivity contribution is 0.0528. The van der Waals surface area contributed by atoms with Crippen LogP contribution in [-0.2, 0) is 4.74 Å². The fourth-order valence-corrected chi connectivity index (χ4v) is 1.61. The van der Waals surface area contributed by atoms with Gasteiger partial charge in [0.15, 0.2) is 0 Å². The summed E-state index contributed by atoms with van der Waals surface area (Å²) in [5, 5.41) is 11.7. The van der Waals surface area contributed by atoms with Crippen LogP contribution < -0.4 is 11.1 Å². The van der Waals surface area contributed by atoms with Crippen molar-refractivity contribution in [2.45, 2.75) is 32.8 Å². The van der Waals surface area contributed by atoms with Gasteiger partial charge in [-0.2, -0.15) is 0 Å². The number of hydrogen-bond acceptors (Lipinski definition) is 4. The van der Waals surface area contributed by atoms with Crippen LogP contribution in [-0.4, -0.2) is 29.3 Å². The molecule has 0 aromatic heterocycles. The van der Waals surface area contributed by atoms with E-state index in [1.54, 1.807) is 32.9 Å². The number of rotatable bonds is 3. The zero-order valence-electron chi connectivity index (χ0n) is 12.9. The zero-order chi connectivity index (χ0) is 16.8. The second kappa shape index (κ2) is 7.36. The van der Waals surface area contributed by atoms with Gasteiger partial charge in [-0.15, -0.1) is 0 Å². The van der Waals surface area contributed by atoms with Gasteiger partial charge in [-0.05, 0) is 32.9 Å². The molecule has 4 N–H and O–H groups in total. The first-order chi connectivity index (χ1) is 10.2. The normalized spacial score (nSPS) is 10.3. The number of alkyl carbamates (subject to hydrolysis) is 1. The van der Waals surface area contributed by atoms with E-state index in [2.05, 4.69) is 17.2 Å². The quantitative estimate of drug-likeness (QED) is 0.451. The largest absolute Gasteiger partial charge is 0.478 e. The average Bonchev–Trinajstić information content (AvgIpc) is 2.35. The van der Waals surface area contributed by atoms with Gasteiger partial charge in [0.05, 0.1) is 5.56 Å². The van der Waals surface area contributed by atoms with Crippen LogP contribution in [0.3, 0.4) is 0 Å². The van der Waals surface area contributed by atoms with Crippen LogP contribution in [0, 0.1) is 11.8 Å². The maximum atomic E-state index is 11.4. The van der Waals surface area contributed by atoms with Crippen molar-refractivity contribution in [3.63, 3.8) is 0 Å². The highest BCUT2D eigenvalue weighted by Crippen LogP contribution is 2.16. The number of nitrogens with two attached hydrogens (primary N) is 1. The van der Waals surface area contributed by atoms with E-state index < -0.39 is 17.7 Å². The number of carbonyl (C=O) groups excluding carboxylic acids is 1. The first kappa shape index (κ1) is 17.4. The third-order valence-corrected chi connectivity index (χ3v) is 2.45. The van der Waals surface area contributed by atoms with Crippen LogP contribution in [0.25, 0.3) is 0 Å². The van der Waals surface area contributed by atoms with E-state index in [4.69, 9.17) is 15.6 Å². The zero-order valence-corrected chi connectivity index (χ0v) is 12.9. The Bertz CT molecular complexity index is 621. The molecule has 0 aliphatic carbocycles. The molecule has 1 amide bonds. The minimum absolute atomic E-state index is 0.00454. The molecule has 0 aliphatic rings. The SMILES string of the molecule is CC(C)(C)OC(=O)NCCC#Cc1cccc(N)c1C(=O)O. The van der Waals surface area contributed by atoms with Crippen molar-refractivity contribution in [2.75, 3.05) is 12.3 Å². The maximum absolute atomic E-state index is 11.4. The number of hydrogen-bond donors (Lipinski definition) is 3. The van der Waals surface area contributed by atoms with Gasteiger partial charge in [0.2, 0.25) is 0 Å². The number of benzene rings is 1. The fourth-order valence-electron chi connectivity index (χ4n) is 1.61. The van der Waals surface area contributed by atoms with Gasteiger partial charge in [-0.3, -0.25) is 0 Å². The minimum atomic E-state index is -1.12. The predicted octanol–water partition coefficient (Wildman–Crippen LogP) is 2.23.